The Bertz CT molecular complexity index is 1020. The highest BCUT2D eigenvalue weighted by molar-refractivity contribution is 6.30. The van der Waals surface area contributed by atoms with Crippen molar-refractivity contribution in [3.8, 4) is 0 Å². The highest BCUT2D eigenvalue weighted by atomic mass is 35.5. The fraction of sp³-hybridized carbons (Fsp3) is 0.286. The van der Waals surface area contributed by atoms with Crippen LogP contribution in [0.3, 0.4) is 0 Å². The van der Waals surface area contributed by atoms with Gasteiger partial charge in [-0.25, -0.2) is 0 Å². The molecule has 0 saturated carbocycles. The lowest BCUT2D eigenvalue weighted by molar-refractivity contribution is -0.140. The normalized spacial score (nSPS) is 11.6. The maximum absolute atomic E-state index is 13.6. The van der Waals surface area contributed by atoms with Crippen LogP contribution >= 0.6 is 11.6 Å². The van der Waals surface area contributed by atoms with Crippen LogP contribution in [0.5, 0.6) is 0 Å². The van der Waals surface area contributed by atoms with Crippen molar-refractivity contribution in [2.75, 3.05) is 6.54 Å². The van der Waals surface area contributed by atoms with Gasteiger partial charge in [0.05, 0.1) is 6.42 Å². The molecule has 5 heteroatoms. The molecular weight excluding hydrogens is 432 g/mol. The second-order valence-electron chi connectivity index (χ2n) is 8.16. The highest BCUT2D eigenvalue weighted by Gasteiger charge is 2.30. The minimum absolute atomic E-state index is 0.0900. The quantitative estimate of drug-likeness (QED) is 0.386. The second-order valence-corrected chi connectivity index (χ2v) is 8.60. The molecule has 2 amide bonds. The van der Waals surface area contributed by atoms with E-state index < -0.39 is 6.04 Å². The molecule has 4 nitrogen and oxygen atoms in total. The summed E-state index contributed by atoms with van der Waals surface area (Å²) in [4.78, 5) is 28.6. The van der Waals surface area contributed by atoms with Gasteiger partial charge in [0.2, 0.25) is 11.8 Å². The summed E-state index contributed by atoms with van der Waals surface area (Å²) < 4.78 is 0. The van der Waals surface area contributed by atoms with Crippen LogP contribution in [0.1, 0.15) is 36.5 Å². The van der Waals surface area contributed by atoms with Gasteiger partial charge < -0.3 is 10.2 Å². The molecule has 0 radical (unpaired) electrons. The number of benzene rings is 3. The third kappa shape index (κ3) is 7.76. The fourth-order valence-electron chi connectivity index (χ4n) is 3.76. The molecule has 0 saturated heterocycles. The van der Waals surface area contributed by atoms with Gasteiger partial charge in [-0.05, 0) is 35.2 Å². The summed E-state index contributed by atoms with van der Waals surface area (Å²) in [5, 5.41) is 3.65. The number of rotatable bonds is 11. The van der Waals surface area contributed by atoms with Gasteiger partial charge in [-0.2, -0.15) is 0 Å². The molecule has 172 valence electrons. The first-order chi connectivity index (χ1) is 16.1. The monoisotopic (exact) mass is 462 g/mol. The van der Waals surface area contributed by atoms with Crippen molar-refractivity contribution < 1.29 is 9.59 Å². The molecular formula is C28H31ClN2O2. The van der Waals surface area contributed by atoms with Crippen LogP contribution in [-0.4, -0.2) is 29.3 Å². The molecule has 33 heavy (non-hydrogen) atoms. The molecule has 0 aromatic heterocycles. The van der Waals surface area contributed by atoms with Crippen LogP contribution in [0.4, 0.5) is 0 Å². The van der Waals surface area contributed by atoms with E-state index in [0.29, 0.717) is 24.5 Å². The van der Waals surface area contributed by atoms with Gasteiger partial charge in [0, 0.05) is 24.5 Å². The van der Waals surface area contributed by atoms with Crippen LogP contribution in [0, 0.1) is 0 Å². The van der Waals surface area contributed by atoms with Gasteiger partial charge in [0.15, 0.2) is 0 Å². The van der Waals surface area contributed by atoms with Crippen LogP contribution in [0.15, 0.2) is 84.9 Å². The largest absolute Gasteiger partial charge is 0.354 e. The van der Waals surface area contributed by atoms with Crippen LogP contribution < -0.4 is 5.32 Å². The predicted octanol–water partition coefficient (Wildman–Crippen LogP) is 5.44. The average Bonchev–Trinajstić information content (AvgIpc) is 2.82. The minimum Gasteiger partial charge on any atom is -0.354 e. The van der Waals surface area contributed by atoms with Crippen LogP contribution in [0.2, 0.25) is 5.02 Å². The Hall–Kier alpha value is -3.11. The summed E-state index contributed by atoms with van der Waals surface area (Å²) in [6, 6.07) is 26.3. The lowest BCUT2D eigenvalue weighted by atomic mass is 10.0. The smallest absolute Gasteiger partial charge is 0.243 e. The zero-order valence-corrected chi connectivity index (χ0v) is 19.8. The van der Waals surface area contributed by atoms with E-state index in [4.69, 9.17) is 11.6 Å². The van der Waals surface area contributed by atoms with Crippen molar-refractivity contribution in [2.24, 2.45) is 0 Å². The lowest BCUT2D eigenvalue weighted by Crippen LogP contribution is -2.51. The van der Waals surface area contributed by atoms with Gasteiger partial charge in [-0.1, -0.05) is 97.7 Å². The second kappa shape index (κ2) is 12.8. The molecule has 0 heterocycles. The molecule has 1 atom stereocenters. The summed E-state index contributed by atoms with van der Waals surface area (Å²) in [7, 11) is 0. The van der Waals surface area contributed by atoms with E-state index in [-0.39, 0.29) is 18.2 Å². The molecule has 0 unspecified atom stereocenters. The van der Waals surface area contributed by atoms with Crippen molar-refractivity contribution in [1.82, 2.24) is 10.2 Å². The first-order valence-electron chi connectivity index (χ1n) is 11.5. The van der Waals surface area contributed by atoms with E-state index in [1.165, 1.54) is 0 Å². The van der Waals surface area contributed by atoms with E-state index in [0.717, 1.165) is 29.5 Å². The molecule has 1 N–H and O–H groups in total. The van der Waals surface area contributed by atoms with Crippen molar-refractivity contribution in [3.05, 3.63) is 107 Å². The van der Waals surface area contributed by atoms with Gasteiger partial charge >= 0.3 is 0 Å². The molecule has 3 aromatic rings. The number of nitrogens with one attached hydrogen (secondary N) is 1. The molecule has 0 spiro atoms. The lowest BCUT2D eigenvalue weighted by Gasteiger charge is -2.32. The predicted molar refractivity (Wildman–Crippen MR) is 134 cm³/mol. The Kier molecular flexibility index (Phi) is 9.52. The van der Waals surface area contributed by atoms with E-state index in [9.17, 15) is 9.59 Å². The number of carbonyl (C=O) groups is 2. The Morgan fingerprint density at radius 1 is 0.879 bits per heavy atom. The maximum atomic E-state index is 13.6. The highest BCUT2D eigenvalue weighted by Crippen LogP contribution is 2.18. The summed E-state index contributed by atoms with van der Waals surface area (Å²) in [5.41, 5.74) is 2.82. The fourth-order valence-corrected chi connectivity index (χ4v) is 3.98. The SMILES string of the molecule is CCCCNC(=O)[C@@H](Cc1ccccc1)N(Cc1cccc(Cl)c1)C(=O)Cc1ccccc1. The number of nitrogens with zero attached hydrogens (tertiary/aromatic N) is 1. The summed E-state index contributed by atoms with van der Waals surface area (Å²) in [6.07, 6.45) is 2.56. The van der Waals surface area contributed by atoms with E-state index >= 15 is 0 Å². The standard InChI is InChI=1S/C28H31ClN2O2/c1-2-3-17-30-28(33)26(19-22-11-6-4-7-12-22)31(21-24-15-10-16-25(29)18-24)27(32)20-23-13-8-5-9-14-23/h4-16,18,26H,2-3,17,19-21H2,1H3,(H,30,33)/t26-/m1/s1. The Balaban J connectivity index is 1.92. The topological polar surface area (TPSA) is 49.4 Å². The number of hydrogen-bond donors (Lipinski definition) is 1. The summed E-state index contributed by atoms with van der Waals surface area (Å²) in [5.74, 6) is -0.219. The zero-order valence-electron chi connectivity index (χ0n) is 19.0. The van der Waals surface area contributed by atoms with Crippen LogP contribution in [0.25, 0.3) is 0 Å². The summed E-state index contributed by atoms with van der Waals surface area (Å²) in [6.45, 7) is 2.99. The number of carbonyl (C=O) groups excluding carboxylic acids is 2. The number of hydrogen-bond acceptors (Lipinski definition) is 2. The van der Waals surface area contributed by atoms with Gasteiger partial charge in [-0.3, -0.25) is 9.59 Å². The van der Waals surface area contributed by atoms with E-state index in [1.807, 2.05) is 78.9 Å². The Labute approximate surface area is 201 Å². The van der Waals surface area contributed by atoms with Gasteiger partial charge in [0.25, 0.3) is 0 Å². The molecule has 0 aliphatic rings. The number of unbranched alkanes of at least 4 members (excludes halogenated alkanes) is 1. The van der Waals surface area contributed by atoms with Crippen molar-refractivity contribution >= 4 is 23.4 Å². The third-order valence-corrected chi connectivity index (χ3v) is 5.78. The summed E-state index contributed by atoms with van der Waals surface area (Å²) >= 11 is 6.21. The number of halogens is 1. The first-order valence-corrected chi connectivity index (χ1v) is 11.8. The van der Waals surface area contributed by atoms with E-state index in [2.05, 4.69) is 12.2 Å². The minimum atomic E-state index is -0.626. The van der Waals surface area contributed by atoms with Crippen LogP contribution in [-0.2, 0) is 29.0 Å². The van der Waals surface area contributed by atoms with Crippen molar-refractivity contribution in [3.63, 3.8) is 0 Å². The van der Waals surface area contributed by atoms with E-state index in [1.54, 1.807) is 11.0 Å². The molecule has 3 rings (SSSR count). The van der Waals surface area contributed by atoms with Gasteiger partial charge in [-0.15, -0.1) is 0 Å². The Morgan fingerprint density at radius 2 is 1.52 bits per heavy atom. The molecule has 3 aromatic carbocycles. The third-order valence-electron chi connectivity index (χ3n) is 5.54. The molecule has 0 aliphatic heterocycles. The van der Waals surface area contributed by atoms with Crippen molar-refractivity contribution in [1.29, 1.82) is 0 Å². The molecule has 0 fully saturated rings. The maximum Gasteiger partial charge on any atom is 0.243 e. The Morgan fingerprint density at radius 3 is 2.15 bits per heavy atom. The number of amides is 2. The zero-order chi connectivity index (χ0) is 23.5. The first kappa shape index (κ1) is 24.5. The molecule has 0 bridgehead atoms. The van der Waals surface area contributed by atoms with Gasteiger partial charge in [0.1, 0.15) is 6.04 Å². The van der Waals surface area contributed by atoms with Crippen molar-refractivity contribution in [2.45, 2.75) is 45.2 Å². The average molecular weight is 463 g/mol. The molecule has 0 aliphatic carbocycles.